The highest BCUT2D eigenvalue weighted by Gasteiger charge is 2.36. The number of likely N-dealkylation sites (tertiary alicyclic amines) is 1. The minimum Gasteiger partial charge on any atom is -0.342 e. The molecule has 0 spiro atoms. The topological polar surface area (TPSA) is 59.2 Å². The lowest BCUT2D eigenvalue weighted by Gasteiger charge is -2.30. The predicted octanol–water partition coefficient (Wildman–Crippen LogP) is 2.45. The van der Waals surface area contributed by atoms with Gasteiger partial charge in [0.2, 0.25) is 11.8 Å². The van der Waals surface area contributed by atoms with E-state index < -0.39 is 0 Å². The first-order chi connectivity index (χ1) is 9.79. The summed E-state index contributed by atoms with van der Waals surface area (Å²) in [5.74, 6) is 3.14. The molecule has 1 aromatic rings. The Balaban J connectivity index is 1.41. The summed E-state index contributed by atoms with van der Waals surface area (Å²) >= 11 is 0. The predicted molar refractivity (Wildman–Crippen MR) is 72.2 cm³/mol. The molecule has 2 heterocycles. The Kier molecular flexibility index (Phi) is 3.00. The van der Waals surface area contributed by atoms with Crippen LogP contribution in [0, 0.1) is 5.92 Å². The Labute approximate surface area is 118 Å². The molecule has 0 radical (unpaired) electrons. The van der Waals surface area contributed by atoms with Gasteiger partial charge in [-0.2, -0.15) is 4.98 Å². The highest BCUT2D eigenvalue weighted by atomic mass is 16.5. The van der Waals surface area contributed by atoms with Gasteiger partial charge in [-0.15, -0.1) is 0 Å². The van der Waals surface area contributed by atoms with Gasteiger partial charge < -0.3 is 9.42 Å². The molecule has 2 aliphatic carbocycles. The second-order valence-corrected chi connectivity index (χ2v) is 6.62. The molecule has 5 heteroatoms. The van der Waals surface area contributed by atoms with Gasteiger partial charge in [-0.05, 0) is 31.6 Å². The van der Waals surface area contributed by atoms with E-state index in [0.29, 0.717) is 12.3 Å². The number of hydrogen-bond acceptors (Lipinski definition) is 4. The molecule has 4 rings (SSSR count). The minimum absolute atomic E-state index is 0.139. The average Bonchev–Trinajstić information content (AvgIpc) is 2.89. The van der Waals surface area contributed by atoms with E-state index >= 15 is 0 Å². The quantitative estimate of drug-likeness (QED) is 0.847. The second kappa shape index (κ2) is 4.86. The zero-order valence-electron chi connectivity index (χ0n) is 11.8. The van der Waals surface area contributed by atoms with Gasteiger partial charge in [0.1, 0.15) is 0 Å². The van der Waals surface area contributed by atoms with Crippen LogP contribution in [-0.4, -0.2) is 34.0 Å². The zero-order chi connectivity index (χ0) is 13.5. The Bertz CT molecular complexity index is 505. The van der Waals surface area contributed by atoms with Crippen molar-refractivity contribution in [2.24, 2.45) is 5.92 Å². The van der Waals surface area contributed by atoms with Crippen molar-refractivity contribution in [3.63, 3.8) is 0 Å². The average molecular weight is 275 g/mol. The van der Waals surface area contributed by atoms with E-state index in [1.165, 1.54) is 38.5 Å². The van der Waals surface area contributed by atoms with E-state index in [-0.39, 0.29) is 11.8 Å². The van der Waals surface area contributed by atoms with Crippen LogP contribution in [-0.2, 0) is 4.79 Å². The van der Waals surface area contributed by atoms with Crippen LogP contribution in [0.2, 0.25) is 0 Å². The van der Waals surface area contributed by atoms with Crippen LogP contribution in [0.1, 0.15) is 68.5 Å². The molecule has 5 nitrogen and oxygen atoms in total. The first kappa shape index (κ1) is 12.4. The molecule has 1 amide bonds. The van der Waals surface area contributed by atoms with Gasteiger partial charge in [0.05, 0.1) is 0 Å². The number of rotatable bonds is 4. The molecular formula is C15H21N3O2. The fourth-order valence-corrected chi connectivity index (χ4v) is 3.34. The fraction of sp³-hybridized carbons (Fsp3) is 0.800. The van der Waals surface area contributed by atoms with Crippen molar-refractivity contribution >= 4 is 5.91 Å². The molecule has 0 bridgehead atoms. The van der Waals surface area contributed by atoms with Gasteiger partial charge in [-0.25, -0.2) is 0 Å². The van der Waals surface area contributed by atoms with E-state index in [0.717, 1.165) is 30.7 Å². The van der Waals surface area contributed by atoms with Crippen molar-refractivity contribution in [2.45, 2.75) is 56.8 Å². The third-order valence-electron chi connectivity index (χ3n) is 5.19. The Morgan fingerprint density at radius 2 is 1.95 bits per heavy atom. The monoisotopic (exact) mass is 275 g/mol. The van der Waals surface area contributed by atoms with Crippen LogP contribution >= 0.6 is 0 Å². The van der Waals surface area contributed by atoms with Crippen molar-refractivity contribution in [3.8, 4) is 0 Å². The summed E-state index contributed by atoms with van der Waals surface area (Å²) in [6.07, 6.45) is 8.03. The summed E-state index contributed by atoms with van der Waals surface area (Å²) in [4.78, 5) is 18.6. The molecule has 0 unspecified atom stereocenters. The number of aromatic nitrogens is 2. The summed E-state index contributed by atoms with van der Waals surface area (Å²) in [7, 11) is 0. The van der Waals surface area contributed by atoms with Gasteiger partial charge in [-0.3, -0.25) is 4.79 Å². The normalized spacial score (nSPS) is 27.7. The molecule has 1 aromatic heterocycles. The molecule has 1 atom stereocenters. The van der Waals surface area contributed by atoms with E-state index in [4.69, 9.17) is 4.52 Å². The van der Waals surface area contributed by atoms with Crippen LogP contribution in [0.15, 0.2) is 4.52 Å². The highest BCUT2D eigenvalue weighted by molar-refractivity contribution is 5.79. The second-order valence-electron chi connectivity index (χ2n) is 6.62. The SMILES string of the molecule is O=C1C[C@H](c2noc(C3CCC3)n2)CN1CC1CCC1. The molecule has 0 N–H and O–H groups in total. The van der Waals surface area contributed by atoms with Crippen molar-refractivity contribution < 1.29 is 9.32 Å². The Hall–Kier alpha value is -1.39. The molecule has 3 fully saturated rings. The number of hydrogen-bond donors (Lipinski definition) is 0. The van der Waals surface area contributed by atoms with Crippen molar-refractivity contribution in [1.29, 1.82) is 0 Å². The number of carbonyl (C=O) groups excluding carboxylic acids is 1. The lowest BCUT2D eigenvalue weighted by atomic mass is 9.85. The van der Waals surface area contributed by atoms with Gasteiger partial charge in [-0.1, -0.05) is 18.0 Å². The third kappa shape index (κ3) is 2.13. The summed E-state index contributed by atoms with van der Waals surface area (Å²) < 4.78 is 5.37. The van der Waals surface area contributed by atoms with Crippen LogP contribution in [0.3, 0.4) is 0 Å². The van der Waals surface area contributed by atoms with Crippen LogP contribution < -0.4 is 0 Å². The molecule has 108 valence electrons. The molecule has 1 saturated heterocycles. The van der Waals surface area contributed by atoms with E-state index in [1.807, 2.05) is 4.90 Å². The maximum atomic E-state index is 12.1. The Morgan fingerprint density at radius 1 is 1.15 bits per heavy atom. The fourth-order valence-electron chi connectivity index (χ4n) is 3.34. The number of amides is 1. The molecule has 3 aliphatic rings. The van der Waals surface area contributed by atoms with E-state index in [9.17, 15) is 4.79 Å². The number of carbonyl (C=O) groups is 1. The molecule has 0 aromatic carbocycles. The van der Waals surface area contributed by atoms with Crippen LogP contribution in [0.5, 0.6) is 0 Å². The summed E-state index contributed by atoms with van der Waals surface area (Å²) in [6, 6.07) is 0. The highest BCUT2D eigenvalue weighted by Crippen LogP contribution is 2.37. The lowest BCUT2D eigenvalue weighted by molar-refractivity contribution is -0.128. The summed E-state index contributed by atoms with van der Waals surface area (Å²) in [5.41, 5.74) is 0. The standard InChI is InChI=1S/C15H21N3O2/c19-13-7-12(9-18(13)8-10-3-1-4-10)14-16-15(20-17-14)11-5-2-6-11/h10-12H,1-9H2/t12-/m0/s1. The molecular weight excluding hydrogens is 254 g/mol. The summed E-state index contributed by atoms with van der Waals surface area (Å²) in [5, 5.41) is 4.12. The maximum absolute atomic E-state index is 12.1. The van der Waals surface area contributed by atoms with Gasteiger partial charge >= 0.3 is 0 Å². The third-order valence-corrected chi connectivity index (χ3v) is 5.19. The van der Waals surface area contributed by atoms with Crippen LogP contribution in [0.4, 0.5) is 0 Å². The van der Waals surface area contributed by atoms with Gasteiger partial charge in [0.15, 0.2) is 5.82 Å². The van der Waals surface area contributed by atoms with Gasteiger partial charge in [0, 0.05) is 31.3 Å². The number of nitrogens with zero attached hydrogens (tertiary/aromatic N) is 3. The van der Waals surface area contributed by atoms with E-state index in [2.05, 4.69) is 10.1 Å². The minimum atomic E-state index is 0.139. The van der Waals surface area contributed by atoms with Gasteiger partial charge in [0.25, 0.3) is 0 Å². The van der Waals surface area contributed by atoms with Crippen molar-refractivity contribution in [3.05, 3.63) is 11.7 Å². The first-order valence-corrected chi connectivity index (χ1v) is 7.91. The maximum Gasteiger partial charge on any atom is 0.229 e. The van der Waals surface area contributed by atoms with Crippen LogP contribution in [0.25, 0.3) is 0 Å². The zero-order valence-corrected chi connectivity index (χ0v) is 11.8. The molecule has 1 aliphatic heterocycles. The lowest BCUT2D eigenvalue weighted by Crippen LogP contribution is -2.33. The Morgan fingerprint density at radius 3 is 2.60 bits per heavy atom. The smallest absolute Gasteiger partial charge is 0.229 e. The summed E-state index contributed by atoms with van der Waals surface area (Å²) in [6.45, 7) is 1.71. The van der Waals surface area contributed by atoms with Crippen molar-refractivity contribution in [1.82, 2.24) is 15.0 Å². The first-order valence-electron chi connectivity index (χ1n) is 7.91. The van der Waals surface area contributed by atoms with Crippen molar-refractivity contribution in [2.75, 3.05) is 13.1 Å². The van der Waals surface area contributed by atoms with E-state index in [1.54, 1.807) is 0 Å². The molecule has 20 heavy (non-hydrogen) atoms. The largest absolute Gasteiger partial charge is 0.342 e. The molecule has 2 saturated carbocycles.